The fourth-order valence-corrected chi connectivity index (χ4v) is 5.07. The maximum atomic E-state index is 13.3. The van der Waals surface area contributed by atoms with E-state index in [-0.39, 0.29) is 18.5 Å². The molecule has 0 radical (unpaired) electrons. The van der Waals surface area contributed by atoms with Crippen LogP contribution in [0.4, 0.5) is 0 Å². The summed E-state index contributed by atoms with van der Waals surface area (Å²) in [5.74, 6) is 0.894. The molecule has 0 bridgehead atoms. The van der Waals surface area contributed by atoms with Crippen LogP contribution in [0.15, 0.2) is 48.4 Å². The Kier molecular flexibility index (Phi) is 8.69. The summed E-state index contributed by atoms with van der Waals surface area (Å²) in [4.78, 5) is 18.6. The fourth-order valence-electron chi connectivity index (χ4n) is 4.15. The molecule has 2 aromatic rings. The summed E-state index contributed by atoms with van der Waals surface area (Å²) in [7, 11) is 0. The van der Waals surface area contributed by atoms with Gasteiger partial charge in [-0.15, -0.1) is 17.9 Å². The van der Waals surface area contributed by atoms with Crippen molar-refractivity contribution in [3.8, 4) is 5.75 Å². The van der Waals surface area contributed by atoms with Gasteiger partial charge in [0.25, 0.3) is 0 Å². The van der Waals surface area contributed by atoms with Crippen LogP contribution in [0, 0.1) is 6.92 Å². The first-order valence-corrected chi connectivity index (χ1v) is 12.0. The van der Waals surface area contributed by atoms with E-state index in [1.807, 2.05) is 41.0 Å². The molecule has 2 atom stereocenters. The number of amides is 1. The molecule has 31 heavy (non-hydrogen) atoms. The zero-order chi connectivity index (χ0) is 22.2. The van der Waals surface area contributed by atoms with Crippen molar-refractivity contribution in [1.82, 2.24) is 9.80 Å². The summed E-state index contributed by atoms with van der Waals surface area (Å²) < 4.78 is 6.12. The van der Waals surface area contributed by atoms with Crippen molar-refractivity contribution in [3.63, 3.8) is 0 Å². The molecule has 1 aliphatic rings. The number of hydrogen-bond donors (Lipinski definition) is 1. The van der Waals surface area contributed by atoms with Gasteiger partial charge in [-0.1, -0.05) is 31.6 Å². The van der Waals surface area contributed by atoms with Crippen molar-refractivity contribution in [2.24, 2.45) is 0 Å². The van der Waals surface area contributed by atoms with Gasteiger partial charge in [-0.3, -0.25) is 9.69 Å². The first kappa shape index (κ1) is 23.5. The van der Waals surface area contributed by atoms with Crippen molar-refractivity contribution in [2.75, 3.05) is 32.8 Å². The minimum absolute atomic E-state index is 0.0697. The summed E-state index contributed by atoms with van der Waals surface area (Å²) in [6, 6.07) is 10.0. The molecule has 3 rings (SSSR count). The Hall–Kier alpha value is -2.15. The van der Waals surface area contributed by atoms with E-state index in [4.69, 9.17) is 4.74 Å². The van der Waals surface area contributed by atoms with Crippen molar-refractivity contribution in [3.05, 3.63) is 64.4 Å². The van der Waals surface area contributed by atoms with Crippen LogP contribution in [-0.4, -0.2) is 59.7 Å². The Labute approximate surface area is 189 Å². The van der Waals surface area contributed by atoms with Gasteiger partial charge in [0.1, 0.15) is 12.4 Å². The number of benzene rings is 1. The molecule has 1 aromatic carbocycles. The third-order valence-electron chi connectivity index (χ3n) is 5.65. The lowest BCUT2D eigenvalue weighted by atomic mass is 10.0. The monoisotopic (exact) mass is 442 g/mol. The second-order valence-electron chi connectivity index (χ2n) is 8.20. The Morgan fingerprint density at radius 3 is 3.03 bits per heavy atom. The first-order valence-electron chi connectivity index (χ1n) is 11.1. The highest BCUT2D eigenvalue weighted by Crippen LogP contribution is 2.34. The lowest BCUT2D eigenvalue weighted by molar-refractivity contribution is -0.136. The Morgan fingerprint density at radius 2 is 2.29 bits per heavy atom. The van der Waals surface area contributed by atoms with Crippen LogP contribution >= 0.6 is 11.3 Å². The molecule has 168 valence electrons. The number of aryl methyl sites for hydroxylation is 1. The molecule has 0 saturated carbocycles. The summed E-state index contributed by atoms with van der Waals surface area (Å²) in [6.07, 6.45) is 3.89. The SMILES string of the molecule is C=CCN(CC(=O)N1CCc2sccc2[C@H]1COc1cccc(C)c1)C[C@@H](O)CCC. The number of ether oxygens (including phenoxy) is 1. The molecule has 0 spiro atoms. The molecule has 0 saturated heterocycles. The number of aliphatic hydroxyl groups is 1. The Morgan fingerprint density at radius 1 is 1.45 bits per heavy atom. The van der Waals surface area contributed by atoms with Gasteiger partial charge in [-0.2, -0.15) is 0 Å². The van der Waals surface area contributed by atoms with Gasteiger partial charge in [0.15, 0.2) is 0 Å². The van der Waals surface area contributed by atoms with Gasteiger partial charge in [0, 0.05) is 24.5 Å². The Bertz CT molecular complexity index is 866. The average Bonchev–Trinajstić information content (AvgIpc) is 3.21. The predicted molar refractivity (Wildman–Crippen MR) is 127 cm³/mol. The van der Waals surface area contributed by atoms with Crippen molar-refractivity contribution >= 4 is 17.2 Å². The lowest BCUT2D eigenvalue weighted by Crippen LogP contribution is -2.47. The number of nitrogens with zero attached hydrogens (tertiary/aromatic N) is 2. The van der Waals surface area contributed by atoms with Gasteiger partial charge >= 0.3 is 0 Å². The number of rotatable bonds is 11. The van der Waals surface area contributed by atoms with Crippen LogP contribution in [-0.2, 0) is 11.2 Å². The summed E-state index contributed by atoms with van der Waals surface area (Å²) in [6.45, 7) is 10.4. The van der Waals surface area contributed by atoms with E-state index in [0.717, 1.165) is 30.6 Å². The largest absolute Gasteiger partial charge is 0.491 e. The molecule has 1 aliphatic heterocycles. The molecule has 1 aromatic heterocycles. The predicted octanol–water partition coefficient (Wildman–Crippen LogP) is 4.21. The molecule has 2 heterocycles. The number of aliphatic hydroxyl groups excluding tert-OH is 1. The van der Waals surface area contributed by atoms with Gasteiger partial charge in [-0.05, 0) is 54.5 Å². The summed E-state index contributed by atoms with van der Waals surface area (Å²) >= 11 is 1.75. The van der Waals surface area contributed by atoms with E-state index < -0.39 is 6.10 Å². The number of carbonyl (C=O) groups excluding carboxylic acids is 1. The van der Waals surface area contributed by atoms with Crippen LogP contribution < -0.4 is 4.74 Å². The quantitative estimate of drug-likeness (QED) is 0.530. The maximum Gasteiger partial charge on any atom is 0.237 e. The van der Waals surface area contributed by atoms with Crippen LogP contribution in [0.2, 0.25) is 0 Å². The number of carbonyl (C=O) groups is 1. The smallest absolute Gasteiger partial charge is 0.237 e. The zero-order valence-electron chi connectivity index (χ0n) is 18.6. The topological polar surface area (TPSA) is 53.0 Å². The van der Waals surface area contributed by atoms with Crippen LogP contribution in [0.25, 0.3) is 0 Å². The first-order chi connectivity index (χ1) is 15.0. The van der Waals surface area contributed by atoms with Crippen LogP contribution in [0.5, 0.6) is 5.75 Å². The molecule has 1 amide bonds. The van der Waals surface area contributed by atoms with E-state index in [9.17, 15) is 9.90 Å². The number of hydrogen-bond acceptors (Lipinski definition) is 5. The average molecular weight is 443 g/mol. The molecule has 0 fully saturated rings. The normalized spacial score (nSPS) is 16.8. The van der Waals surface area contributed by atoms with Crippen molar-refractivity contribution in [2.45, 2.75) is 45.3 Å². The molecular weight excluding hydrogens is 408 g/mol. The van der Waals surface area contributed by atoms with E-state index in [2.05, 4.69) is 24.9 Å². The molecule has 6 heteroatoms. The Balaban J connectivity index is 1.72. The lowest BCUT2D eigenvalue weighted by Gasteiger charge is -2.37. The molecule has 1 N–H and O–H groups in total. The third-order valence-corrected chi connectivity index (χ3v) is 6.65. The second kappa shape index (κ2) is 11.5. The van der Waals surface area contributed by atoms with Crippen molar-refractivity contribution < 1.29 is 14.6 Å². The highest BCUT2D eigenvalue weighted by Gasteiger charge is 2.33. The maximum absolute atomic E-state index is 13.3. The minimum atomic E-state index is -0.428. The van der Waals surface area contributed by atoms with Gasteiger partial charge in [0.2, 0.25) is 5.91 Å². The standard InChI is InChI=1S/C25H34N2O3S/c1-4-7-20(28)16-26(12-5-2)17-25(29)27-13-10-24-22(11-14-31-24)23(27)18-30-21-9-6-8-19(3)15-21/h5-6,8-9,11,14-15,20,23,28H,2,4,7,10,12-13,16-18H2,1,3H3/t20-,23+/m0/s1. The van der Waals surface area contributed by atoms with Crippen LogP contribution in [0.1, 0.15) is 41.8 Å². The fraction of sp³-hybridized carbons (Fsp3) is 0.480. The minimum Gasteiger partial charge on any atom is -0.491 e. The van der Waals surface area contributed by atoms with Gasteiger partial charge < -0.3 is 14.7 Å². The number of fused-ring (bicyclic) bond motifs is 1. The summed E-state index contributed by atoms with van der Waals surface area (Å²) in [5.41, 5.74) is 2.34. The molecule has 5 nitrogen and oxygen atoms in total. The third kappa shape index (κ3) is 6.42. The van der Waals surface area contributed by atoms with Gasteiger partial charge in [0.05, 0.1) is 18.7 Å². The van der Waals surface area contributed by atoms with E-state index >= 15 is 0 Å². The highest BCUT2D eigenvalue weighted by atomic mass is 32.1. The zero-order valence-corrected chi connectivity index (χ0v) is 19.4. The summed E-state index contributed by atoms with van der Waals surface area (Å²) in [5, 5.41) is 12.3. The highest BCUT2D eigenvalue weighted by molar-refractivity contribution is 7.10. The van der Waals surface area contributed by atoms with Crippen LogP contribution in [0.3, 0.4) is 0 Å². The molecular formula is C25H34N2O3S. The molecule has 0 unspecified atom stereocenters. The van der Waals surface area contributed by atoms with Crippen molar-refractivity contribution in [1.29, 1.82) is 0 Å². The number of thiophene rings is 1. The van der Waals surface area contributed by atoms with Gasteiger partial charge in [-0.25, -0.2) is 0 Å². The van der Waals surface area contributed by atoms with E-state index in [1.165, 1.54) is 10.4 Å². The van der Waals surface area contributed by atoms with E-state index in [0.29, 0.717) is 26.2 Å². The molecule has 0 aliphatic carbocycles. The second-order valence-corrected chi connectivity index (χ2v) is 9.21. The van der Waals surface area contributed by atoms with E-state index in [1.54, 1.807) is 17.4 Å².